The van der Waals surface area contributed by atoms with Crippen molar-refractivity contribution in [1.29, 1.82) is 0 Å². The molecule has 2 N–H and O–H groups in total. The molecule has 3 aromatic rings. The van der Waals surface area contributed by atoms with Gasteiger partial charge in [-0.25, -0.2) is 19.0 Å². The van der Waals surface area contributed by atoms with E-state index in [2.05, 4.69) is 59.3 Å². The minimum atomic E-state index is -1.82. The van der Waals surface area contributed by atoms with Crippen LogP contribution >= 0.6 is 11.3 Å². The number of alkyl halides is 1. The highest BCUT2D eigenvalue weighted by atomic mass is 32.1. The van der Waals surface area contributed by atoms with Gasteiger partial charge in [0.2, 0.25) is 0 Å². The molecule has 3 heterocycles. The summed E-state index contributed by atoms with van der Waals surface area (Å²) >= 11 is 1.71. The normalized spacial score (nSPS) is 19.6. The summed E-state index contributed by atoms with van der Waals surface area (Å²) in [5.41, 5.74) is 3.20. The number of para-hydroxylation sites is 1. The van der Waals surface area contributed by atoms with Crippen molar-refractivity contribution < 1.29 is 28.9 Å². The number of fused-ring (bicyclic) bond motifs is 1. The van der Waals surface area contributed by atoms with E-state index in [1.165, 1.54) is 4.70 Å². The van der Waals surface area contributed by atoms with Crippen LogP contribution in [0, 0.1) is 0 Å². The molecule has 1 aromatic heterocycles. The first kappa shape index (κ1) is 26.0. The number of nitrogens with zero attached hydrogens (tertiary/aromatic N) is 3. The van der Waals surface area contributed by atoms with Crippen LogP contribution in [0.25, 0.3) is 10.2 Å². The Bertz CT molecular complexity index is 1150. The lowest BCUT2D eigenvalue weighted by molar-refractivity contribution is -0.159. The summed E-state index contributed by atoms with van der Waals surface area (Å²) in [5.74, 6) is -3.65. The Morgan fingerprint density at radius 1 is 1.06 bits per heavy atom. The van der Waals surface area contributed by atoms with E-state index >= 15 is 0 Å². The minimum Gasteiger partial charge on any atom is -0.473 e. The molecule has 0 spiro atoms. The zero-order valence-electron chi connectivity index (χ0n) is 20.0. The van der Waals surface area contributed by atoms with Crippen molar-refractivity contribution in [2.24, 2.45) is 0 Å². The predicted octanol–water partition coefficient (Wildman–Crippen LogP) is 4.20. The Labute approximate surface area is 212 Å². The van der Waals surface area contributed by atoms with Crippen molar-refractivity contribution >= 4 is 39.2 Å². The molecule has 2 atom stereocenters. The second-order valence-electron chi connectivity index (χ2n) is 9.08. The molecule has 5 rings (SSSR count). The first-order valence-electron chi connectivity index (χ1n) is 11.9. The fourth-order valence-corrected chi connectivity index (χ4v) is 5.46. The summed E-state index contributed by atoms with van der Waals surface area (Å²) in [5, 5.41) is 15.8. The molecule has 192 valence electrons. The number of aliphatic carboxylic acids is 2. The van der Waals surface area contributed by atoms with Gasteiger partial charge in [0.1, 0.15) is 17.3 Å². The van der Waals surface area contributed by atoms with E-state index in [1.54, 1.807) is 11.3 Å². The number of hydrogen-bond acceptors (Lipinski definition) is 7. The van der Waals surface area contributed by atoms with Crippen LogP contribution in [0.3, 0.4) is 0 Å². The average molecular weight is 516 g/mol. The van der Waals surface area contributed by atoms with Crippen LogP contribution in [0.4, 0.5) is 10.1 Å². The van der Waals surface area contributed by atoms with Crippen molar-refractivity contribution in [1.82, 2.24) is 9.88 Å². The molecule has 2 aliphatic rings. The van der Waals surface area contributed by atoms with Gasteiger partial charge in [0.05, 0.1) is 16.3 Å². The van der Waals surface area contributed by atoms with E-state index in [4.69, 9.17) is 29.5 Å². The minimum absolute atomic E-state index is 0.195. The molecule has 2 aromatic carbocycles. The number of thiazole rings is 1. The van der Waals surface area contributed by atoms with Gasteiger partial charge in [-0.2, -0.15) is 0 Å². The van der Waals surface area contributed by atoms with E-state index in [9.17, 15) is 4.39 Å². The second-order valence-corrected chi connectivity index (χ2v) is 10.1. The number of carboxylic acids is 2. The molecule has 0 radical (unpaired) electrons. The van der Waals surface area contributed by atoms with E-state index in [-0.39, 0.29) is 12.2 Å². The van der Waals surface area contributed by atoms with Crippen LogP contribution in [-0.2, 0) is 14.3 Å². The number of rotatable bonds is 5. The van der Waals surface area contributed by atoms with Gasteiger partial charge in [-0.15, -0.1) is 11.3 Å². The zero-order chi connectivity index (χ0) is 25.7. The highest BCUT2D eigenvalue weighted by molar-refractivity contribution is 7.18. The molecule has 2 aliphatic heterocycles. The van der Waals surface area contributed by atoms with Gasteiger partial charge in [-0.3, -0.25) is 0 Å². The van der Waals surface area contributed by atoms with Crippen molar-refractivity contribution in [3.63, 3.8) is 0 Å². The quantitative estimate of drug-likeness (QED) is 0.488. The van der Waals surface area contributed by atoms with Crippen LogP contribution < -0.4 is 4.90 Å². The number of carboxylic acid groups (broad SMARTS) is 2. The number of carbonyl (C=O) groups is 2. The number of anilines is 1. The molecule has 36 heavy (non-hydrogen) atoms. The third kappa shape index (κ3) is 6.57. The zero-order valence-corrected chi connectivity index (χ0v) is 20.9. The average Bonchev–Trinajstić information content (AvgIpc) is 3.50. The Hall–Kier alpha value is -3.08. The maximum absolute atomic E-state index is 13.8. The molecular formula is C26H30FN3O5S. The number of hydrogen-bond donors (Lipinski definition) is 2. The third-order valence-electron chi connectivity index (χ3n) is 6.38. The predicted molar refractivity (Wildman–Crippen MR) is 137 cm³/mol. The molecule has 2 unspecified atom stereocenters. The number of ether oxygens (including phenoxy) is 1. The second kappa shape index (κ2) is 11.8. The van der Waals surface area contributed by atoms with Crippen LogP contribution in [0.5, 0.6) is 0 Å². The first-order valence-corrected chi connectivity index (χ1v) is 12.8. The summed E-state index contributed by atoms with van der Waals surface area (Å²) in [6, 6.07) is 16.7. The molecule has 2 saturated heterocycles. The smallest absolute Gasteiger partial charge is 0.414 e. The summed E-state index contributed by atoms with van der Waals surface area (Å²) in [6.45, 7) is 3.36. The van der Waals surface area contributed by atoms with Gasteiger partial charge in [0.15, 0.2) is 0 Å². The standard InChI is InChI=1S/C24H28FN3OS.C2H2O4/c1-27-12-10-20(11-13-27)29-23(24-26-21-7-2-3-8-22(21)30-24)17-5-4-6-19(15-17)28-14-9-18(25)16-28;3-1(4)2(5)6/h2-8,15,18,20,23H,9-14,16H2,1H3;(H,3,4)(H,5,6). The third-order valence-corrected chi connectivity index (χ3v) is 7.46. The lowest BCUT2D eigenvalue weighted by Gasteiger charge is -2.31. The van der Waals surface area contributed by atoms with Gasteiger partial charge in [-0.1, -0.05) is 24.3 Å². The van der Waals surface area contributed by atoms with E-state index in [1.807, 2.05) is 6.07 Å². The fraction of sp³-hybridized carbons (Fsp3) is 0.423. The van der Waals surface area contributed by atoms with Gasteiger partial charge < -0.3 is 24.7 Å². The Kier molecular flexibility index (Phi) is 8.50. The number of aromatic nitrogens is 1. The molecule has 0 amide bonds. The van der Waals surface area contributed by atoms with Crippen molar-refractivity contribution in [2.75, 3.05) is 38.1 Å². The monoisotopic (exact) mass is 515 g/mol. The van der Waals surface area contributed by atoms with Crippen LogP contribution in [-0.4, -0.2) is 77.5 Å². The van der Waals surface area contributed by atoms with Gasteiger partial charge >= 0.3 is 11.9 Å². The maximum Gasteiger partial charge on any atom is 0.414 e. The molecule has 0 aliphatic carbocycles. The summed E-state index contributed by atoms with van der Waals surface area (Å²) in [4.78, 5) is 27.6. The summed E-state index contributed by atoms with van der Waals surface area (Å²) in [7, 11) is 2.17. The van der Waals surface area contributed by atoms with Crippen molar-refractivity contribution in [3.8, 4) is 0 Å². The molecule has 2 fully saturated rings. The summed E-state index contributed by atoms with van der Waals surface area (Å²) < 4.78 is 21.7. The van der Waals surface area contributed by atoms with E-state index < -0.39 is 18.1 Å². The number of halogens is 1. The van der Waals surface area contributed by atoms with Gasteiger partial charge in [-0.05, 0) is 56.1 Å². The number of benzene rings is 2. The number of likely N-dealkylation sites (tertiary alicyclic amines) is 1. The van der Waals surface area contributed by atoms with Crippen molar-refractivity contribution in [3.05, 3.63) is 59.1 Å². The van der Waals surface area contributed by atoms with Crippen LogP contribution in [0.15, 0.2) is 48.5 Å². The Morgan fingerprint density at radius 2 is 1.78 bits per heavy atom. The number of piperidine rings is 1. The SMILES string of the molecule is CN1CCC(OC(c2cccc(N3CCC(F)C3)c2)c2nc3ccccc3s2)CC1.O=C(O)C(=O)O. The Morgan fingerprint density at radius 3 is 2.42 bits per heavy atom. The van der Waals surface area contributed by atoms with E-state index in [0.29, 0.717) is 13.0 Å². The van der Waals surface area contributed by atoms with Crippen LogP contribution in [0.2, 0.25) is 0 Å². The van der Waals surface area contributed by atoms with E-state index in [0.717, 1.165) is 54.3 Å². The summed E-state index contributed by atoms with van der Waals surface area (Å²) in [6.07, 6.45) is 1.98. The van der Waals surface area contributed by atoms with Crippen molar-refractivity contribution in [2.45, 2.75) is 37.6 Å². The Balaban J connectivity index is 0.000000455. The largest absolute Gasteiger partial charge is 0.473 e. The molecule has 8 nitrogen and oxygen atoms in total. The lowest BCUT2D eigenvalue weighted by atomic mass is 10.1. The molecule has 0 saturated carbocycles. The maximum atomic E-state index is 13.8. The fourth-order valence-electron chi connectivity index (χ4n) is 4.43. The molecule has 0 bridgehead atoms. The first-order chi connectivity index (χ1) is 17.3. The highest BCUT2D eigenvalue weighted by Gasteiger charge is 2.27. The lowest BCUT2D eigenvalue weighted by Crippen LogP contribution is -2.35. The molecule has 10 heteroatoms. The van der Waals surface area contributed by atoms with Gasteiger partial charge in [0.25, 0.3) is 0 Å². The topological polar surface area (TPSA) is 103 Å². The van der Waals surface area contributed by atoms with Gasteiger partial charge in [0, 0.05) is 31.9 Å². The highest BCUT2D eigenvalue weighted by Crippen LogP contribution is 2.36. The molecular weight excluding hydrogens is 485 g/mol. The van der Waals surface area contributed by atoms with Crippen LogP contribution in [0.1, 0.15) is 35.9 Å².